The van der Waals surface area contributed by atoms with Crippen LogP contribution >= 0.6 is 11.8 Å². The SMILES string of the molecule is CCc1[nH]c2nc(Sc3cccnc3)nc(CC3CCCC[C@@H]3N)c2c1C=O. The quantitative estimate of drug-likeness (QED) is 0.485. The van der Waals surface area contributed by atoms with E-state index in [-0.39, 0.29) is 6.04 Å². The molecule has 1 unspecified atom stereocenters. The zero-order valence-electron chi connectivity index (χ0n) is 16.0. The molecule has 28 heavy (non-hydrogen) atoms. The number of aromatic amines is 1. The fourth-order valence-corrected chi connectivity index (χ4v) is 4.84. The van der Waals surface area contributed by atoms with Gasteiger partial charge in [0.05, 0.1) is 11.1 Å². The first kappa shape index (κ1) is 19.1. The van der Waals surface area contributed by atoms with Gasteiger partial charge in [-0.2, -0.15) is 0 Å². The second-order valence-electron chi connectivity index (χ2n) is 7.37. The summed E-state index contributed by atoms with van der Waals surface area (Å²) in [6.45, 7) is 2.03. The predicted molar refractivity (Wildman–Crippen MR) is 111 cm³/mol. The molecule has 3 aromatic heterocycles. The molecule has 0 aromatic carbocycles. The molecule has 1 aliphatic rings. The number of rotatable bonds is 6. The van der Waals surface area contributed by atoms with Gasteiger partial charge in [-0.3, -0.25) is 9.78 Å². The van der Waals surface area contributed by atoms with Gasteiger partial charge in [0, 0.05) is 34.6 Å². The molecule has 1 fully saturated rings. The zero-order valence-corrected chi connectivity index (χ0v) is 16.8. The summed E-state index contributed by atoms with van der Waals surface area (Å²) in [6.07, 6.45) is 10.6. The Bertz CT molecular complexity index is 972. The largest absolute Gasteiger partial charge is 0.342 e. The molecule has 0 bridgehead atoms. The van der Waals surface area contributed by atoms with Crippen molar-refractivity contribution in [3.63, 3.8) is 0 Å². The molecule has 3 heterocycles. The van der Waals surface area contributed by atoms with E-state index in [2.05, 4.69) is 9.97 Å². The molecule has 3 aromatic rings. The van der Waals surface area contributed by atoms with Crippen LogP contribution in [0.15, 0.2) is 34.6 Å². The lowest BCUT2D eigenvalue weighted by Gasteiger charge is -2.28. The minimum Gasteiger partial charge on any atom is -0.342 e. The lowest BCUT2D eigenvalue weighted by atomic mass is 9.82. The highest BCUT2D eigenvalue weighted by Gasteiger charge is 2.25. The van der Waals surface area contributed by atoms with Crippen molar-refractivity contribution in [2.24, 2.45) is 11.7 Å². The summed E-state index contributed by atoms with van der Waals surface area (Å²) in [5.41, 5.74) is 9.67. The molecule has 0 radical (unpaired) electrons. The molecule has 4 rings (SSSR count). The molecule has 0 aliphatic heterocycles. The first-order chi connectivity index (χ1) is 13.7. The number of H-pyrrole nitrogens is 1. The molecule has 7 heteroatoms. The minimum atomic E-state index is 0.192. The number of hydrogen-bond acceptors (Lipinski definition) is 6. The van der Waals surface area contributed by atoms with Gasteiger partial charge in [-0.25, -0.2) is 9.97 Å². The summed E-state index contributed by atoms with van der Waals surface area (Å²) >= 11 is 1.49. The molecule has 2 atom stereocenters. The first-order valence-electron chi connectivity index (χ1n) is 9.89. The molecular weight excluding hydrogens is 370 g/mol. The number of hydrogen-bond donors (Lipinski definition) is 2. The highest BCUT2D eigenvalue weighted by molar-refractivity contribution is 7.99. The number of carbonyl (C=O) groups is 1. The van der Waals surface area contributed by atoms with Gasteiger partial charge in [0.25, 0.3) is 0 Å². The van der Waals surface area contributed by atoms with E-state index in [0.29, 0.717) is 16.6 Å². The van der Waals surface area contributed by atoms with E-state index in [4.69, 9.17) is 15.7 Å². The van der Waals surface area contributed by atoms with Crippen LogP contribution in [0.3, 0.4) is 0 Å². The third kappa shape index (κ3) is 3.82. The van der Waals surface area contributed by atoms with E-state index in [1.54, 1.807) is 12.4 Å². The summed E-state index contributed by atoms with van der Waals surface area (Å²) in [4.78, 5) is 29.9. The lowest BCUT2D eigenvalue weighted by molar-refractivity contribution is 0.112. The normalized spacial score (nSPS) is 19.8. The average molecular weight is 396 g/mol. The molecule has 0 spiro atoms. The standard InChI is InChI=1S/C21H25N5OS/c1-2-17-15(12-27)19-18(10-13-6-3-4-8-16(13)22)25-21(26-20(19)24-17)28-14-7-5-9-23-11-14/h5,7,9,11-13,16H,2-4,6,8,10,22H2,1H3,(H,24,25,26)/t13?,16-/m0/s1. The van der Waals surface area contributed by atoms with Gasteiger partial charge in [-0.1, -0.05) is 19.8 Å². The van der Waals surface area contributed by atoms with Crippen LogP contribution in [0.5, 0.6) is 0 Å². The van der Waals surface area contributed by atoms with E-state index in [1.807, 2.05) is 19.1 Å². The van der Waals surface area contributed by atoms with Gasteiger partial charge in [0.15, 0.2) is 11.4 Å². The highest BCUT2D eigenvalue weighted by atomic mass is 32.2. The molecular formula is C21H25N5OS. The summed E-state index contributed by atoms with van der Waals surface area (Å²) in [7, 11) is 0. The van der Waals surface area contributed by atoms with Crippen LogP contribution in [0.2, 0.25) is 0 Å². The van der Waals surface area contributed by atoms with Crippen molar-refractivity contribution in [2.45, 2.75) is 61.5 Å². The predicted octanol–water partition coefficient (Wildman–Crippen LogP) is 3.94. The summed E-state index contributed by atoms with van der Waals surface area (Å²) in [6, 6.07) is 4.08. The van der Waals surface area contributed by atoms with Crippen LogP contribution in [0.4, 0.5) is 0 Å². The number of aldehydes is 1. The first-order valence-corrected chi connectivity index (χ1v) is 10.7. The third-order valence-corrected chi connectivity index (χ3v) is 6.41. The second-order valence-corrected chi connectivity index (χ2v) is 8.41. The van der Waals surface area contributed by atoms with E-state index < -0.39 is 0 Å². The number of nitrogens with zero attached hydrogens (tertiary/aromatic N) is 3. The van der Waals surface area contributed by atoms with Crippen molar-refractivity contribution < 1.29 is 4.79 Å². The summed E-state index contributed by atoms with van der Waals surface area (Å²) < 4.78 is 0. The van der Waals surface area contributed by atoms with Crippen molar-refractivity contribution in [3.05, 3.63) is 41.5 Å². The minimum absolute atomic E-state index is 0.192. The molecule has 3 N–H and O–H groups in total. The second kappa shape index (κ2) is 8.41. The Morgan fingerprint density at radius 1 is 1.32 bits per heavy atom. The van der Waals surface area contributed by atoms with Crippen LogP contribution in [0.25, 0.3) is 11.0 Å². The van der Waals surface area contributed by atoms with Crippen LogP contribution in [0.1, 0.15) is 54.4 Å². The Labute approximate surface area is 168 Å². The summed E-state index contributed by atoms with van der Waals surface area (Å²) in [5, 5.41) is 1.53. The maximum absolute atomic E-state index is 11.8. The molecule has 1 aliphatic carbocycles. The smallest absolute Gasteiger partial charge is 0.194 e. The number of fused-ring (bicyclic) bond motifs is 1. The van der Waals surface area contributed by atoms with Crippen molar-refractivity contribution >= 4 is 29.1 Å². The molecule has 146 valence electrons. The van der Waals surface area contributed by atoms with E-state index in [0.717, 1.165) is 59.3 Å². The van der Waals surface area contributed by atoms with Crippen molar-refractivity contribution in [2.75, 3.05) is 0 Å². The Balaban J connectivity index is 1.78. The van der Waals surface area contributed by atoms with Gasteiger partial charge in [-0.15, -0.1) is 0 Å². The van der Waals surface area contributed by atoms with Crippen LogP contribution in [-0.4, -0.2) is 32.3 Å². The van der Waals surface area contributed by atoms with Crippen LogP contribution < -0.4 is 5.73 Å². The fraction of sp³-hybridized carbons (Fsp3) is 0.429. The molecule has 6 nitrogen and oxygen atoms in total. The number of pyridine rings is 1. The monoisotopic (exact) mass is 395 g/mol. The van der Waals surface area contributed by atoms with E-state index in [9.17, 15) is 4.79 Å². The number of carbonyl (C=O) groups excluding carboxylic acids is 1. The highest BCUT2D eigenvalue weighted by Crippen LogP contribution is 2.33. The number of nitrogens with two attached hydrogens (primary N) is 1. The topological polar surface area (TPSA) is 97.6 Å². The Hall–Kier alpha value is -2.25. The van der Waals surface area contributed by atoms with Crippen molar-refractivity contribution in [3.8, 4) is 0 Å². The van der Waals surface area contributed by atoms with Gasteiger partial charge < -0.3 is 10.7 Å². The van der Waals surface area contributed by atoms with E-state index >= 15 is 0 Å². The average Bonchev–Trinajstić information content (AvgIpc) is 3.08. The zero-order chi connectivity index (χ0) is 19.5. The van der Waals surface area contributed by atoms with Gasteiger partial charge in [-0.05, 0) is 55.5 Å². The lowest BCUT2D eigenvalue weighted by Crippen LogP contribution is -2.34. The maximum atomic E-state index is 11.8. The maximum Gasteiger partial charge on any atom is 0.194 e. The molecule has 0 amide bonds. The van der Waals surface area contributed by atoms with E-state index in [1.165, 1.54) is 24.6 Å². The number of nitrogens with one attached hydrogen (secondary N) is 1. The van der Waals surface area contributed by atoms with Gasteiger partial charge in [0.2, 0.25) is 0 Å². The third-order valence-electron chi connectivity index (χ3n) is 5.57. The molecule has 1 saturated carbocycles. The van der Waals surface area contributed by atoms with Gasteiger partial charge >= 0.3 is 0 Å². The number of aromatic nitrogens is 4. The summed E-state index contributed by atoms with van der Waals surface area (Å²) in [5.74, 6) is 0.391. The Morgan fingerprint density at radius 3 is 2.89 bits per heavy atom. The molecule has 0 saturated heterocycles. The van der Waals surface area contributed by atoms with Crippen LogP contribution in [0, 0.1) is 5.92 Å². The Morgan fingerprint density at radius 2 is 2.18 bits per heavy atom. The van der Waals surface area contributed by atoms with Crippen LogP contribution in [-0.2, 0) is 12.8 Å². The van der Waals surface area contributed by atoms with Crippen molar-refractivity contribution in [1.82, 2.24) is 19.9 Å². The Kier molecular flexibility index (Phi) is 5.73. The van der Waals surface area contributed by atoms with Crippen molar-refractivity contribution in [1.29, 1.82) is 0 Å². The fourth-order valence-electron chi connectivity index (χ4n) is 4.07. The van der Waals surface area contributed by atoms with Gasteiger partial charge in [0.1, 0.15) is 5.65 Å². The number of aryl methyl sites for hydroxylation is 1.